The average molecular weight is 380 g/mol. The lowest BCUT2D eigenvalue weighted by Gasteiger charge is -2.22. The minimum Gasteiger partial charge on any atom is -0.0877 e. The molecule has 0 bridgehead atoms. The van der Waals surface area contributed by atoms with Crippen LogP contribution in [0.15, 0.2) is 59.1 Å². The predicted octanol–water partition coefficient (Wildman–Crippen LogP) is 5.49. The first kappa shape index (κ1) is 13.4. The standard InChI is InChI=1S/C17H16Br2/c18-15-8-6-13(7-9-15)12-16(19)17(10-11-17)14-4-2-1-3-5-14/h1-9,16H,10-12H2. The maximum Gasteiger partial charge on any atom is 0.0283 e. The third-order valence-corrected chi connectivity index (χ3v) is 5.79. The van der Waals surface area contributed by atoms with Crippen LogP contribution in [-0.2, 0) is 11.8 Å². The highest BCUT2D eigenvalue weighted by molar-refractivity contribution is 9.10. The molecule has 0 spiro atoms. The molecule has 1 saturated carbocycles. The van der Waals surface area contributed by atoms with Crippen LogP contribution >= 0.6 is 31.9 Å². The lowest BCUT2D eigenvalue weighted by Crippen LogP contribution is -2.22. The first-order chi connectivity index (χ1) is 9.21. The largest absolute Gasteiger partial charge is 0.0877 e. The Morgan fingerprint density at radius 1 is 0.947 bits per heavy atom. The minimum atomic E-state index is 0.355. The molecule has 0 saturated heterocycles. The molecule has 0 nitrogen and oxygen atoms in total. The Morgan fingerprint density at radius 2 is 1.58 bits per heavy atom. The molecule has 2 aromatic rings. The summed E-state index contributed by atoms with van der Waals surface area (Å²) in [4.78, 5) is 0.517. The van der Waals surface area contributed by atoms with Gasteiger partial charge in [-0.3, -0.25) is 0 Å². The van der Waals surface area contributed by atoms with Crippen molar-refractivity contribution in [2.45, 2.75) is 29.5 Å². The van der Waals surface area contributed by atoms with Crippen LogP contribution in [0, 0.1) is 0 Å². The summed E-state index contributed by atoms with van der Waals surface area (Å²) in [7, 11) is 0. The van der Waals surface area contributed by atoms with E-state index < -0.39 is 0 Å². The Morgan fingerprint density at radius 3 is 2.16 bits per heavy atom. The molecule has 1 fully saturated rings. The van der Waals surface area contributed by atoms with Crippen molar-refractivity contribution in [3.63, 3.8) is 0 Å². The van der Waals surface area contributed by atoms with Crippen LogP contribution in [-0.4, -0.2) is 4.83 Å². The Bertz CT molecular complexity index is 541. The summed E-state index contributed by atoms with van der Waals surface area (Å²) in [5, 5.41) is 0. The number of rotatable bonds is 4. The molecule has 1 aliphatic rings. The van der Waals surface area contributed by atoms with Crippen molar-refractivity contribution in [3.05, 3.63) is 70.2 Å². The highest BCUT2D eigenvalue weighted by Crippen LogP contribution is 2.54. The molecule has 0 N–H and O–H groups in total. The Balaban J connectivity index is 1.77. The van der Waals surface area contributed by atoms with Crippen LogP contribution in [0.1, 0.15) is 24.0 Å². The van der Waals surface area contributed by atoms with E-state index in [1.165, 1.54) is 24.0 Å². The molecule has 0 amide bonds. The molecule has 0 radical (unpaired) electrons. The van der Waals surface area contributed by atoms with E-state index in [0.29, 0.717) is 10.2 Å². The number of alkyl halides is 1. The summed E-state index contributed by atoms with van der Waals surface area (Å²) in [5.74, 6) is 0. The summed E-state index contributed by atoms with van der Waals surface area (Å²) >= 11 is 7.43. The summed E-state index contributed by atoms with van der Waals surface area (Å²) in [6, 6.07) is 19.6. The van der Waals surface area contributed by atoms with Gasteiger partial charge in [0.05, 0.1) is 0 Å². The molecule has 0 aromatic heterocycles. The molecule has 3 rings (SSSR count). The smallest absolute Gasteiger partial charge is 0.0283 e. The molecule has 0 aliphatic heterocycles. The van der Waals surface area contributed by atoms with Gasteiger partial charge in [-0.1, -0.05) is 74.3 Å². The SMILES string of the molecule is Brc1ccc(CC(Br)C2(c3ccccc3)CC2)cc1. The molecular formula is C17H16Br2. The Kier molecular flexibility index (Phi) is 3.81. The van der Waals surface area contributed by atoms with Gasteiger partial charge in [0.25, 0.3) is 0 Å². The number of halogens is 2. The van der Waals surface area contributed by atoms with E-state index in [1.807, 2.05) is 0 Å². The van der Waals surface area contributed by atoms with Gasteiger partial charge >= 0.3 is 0 Å². The zero-order valence-electron chi connectivity index (χ0n) is 10.7. The van der Waals surface area contributed by atoms with Crippen molar-refractivity contribution < 1.29 is 0 Å². The molecule has 2 aromatic carbocycles. The quantitative estimate of drug-likeness (QED) is 0.616. The highest BCUT2D eigenvalue weighted by Gasteiger charge is 2.49. The lowest BCUT2D eigenvalue weighted by molar-refractivity contribution is 0.647. The van der Waals surface area contributed by atoms with E-state index in [2.05, 4.69) is 86.5 Å². The van der Waals surface area contributed by atoms with Gasteiger partial charge in [-0.25, -0.2) is 0 Å². The number of hydrogen-bond acceptors (Lipinski definition) is 0. The first-order valence-corrected chi connectivity index (χ1v) is 8.36. The van der Waals surface area contributed by atoms with Crippen LogP contribution in [0.4, 0.5) is 0 Å². The van der Waals surface area contributed by atoms with E-state index in [-0.39, 0.29) is 0 Å². The summed E-state index contributed by atoms with van der Waals surface area (Å²) in [6.07, 6.45) is 3.68. The summed E-state index contributed by atoms with van der Waals surface area (Å²) in [5.41, 5.74) is 3.23. The van der Waals surface area contributed by atoms with Gasteiger partial charge in [-0.2, -0.15) is 0 Å². The number of benzene rings is 2. The predicted molar refractivity (Wildman–Crippen MR) is 87.9 cm³/mol. The average Bonchev–Trinajstić information content (AvgIpc) is 3.24. The molecule has 19 heavy (non-hydrogen) atoms. The van der Waals surface area contributed by atoms with Crippen molar-refractivity contribution in [2.75, 3.05) is 0 Å². The van der Waals surface area contributed by atoms with Crippen LogP contribution in [0.2, 0.25) is 0 Å². The van der Waals surface area contributed by atoms with Crippen LogP contribution < -0.4 is 0 Å². The summed E-state index contributed by atoms with van der Waals surface area (Å²) in [6.45, 7) is 0. The third-order valence-electron chi connectivity index (χ3n) is 4.07. The Labute approximate surface area is 131 Å². The molecular weight excluding hydrogens is 364 g/mol. The van der Waals surface area contributed by atoms with Gasteiger partial charge in [0, 0.05) is 14.7 Å². The zero-order valence-corrected chi connectivity index (χ0v) is 13.8. The van der Waals surface area contributed by atoms with E-state index in [0.717, 1.165) is 10.9 Å². The van der Waals surface area contributed by atoms with Crippen LogP contribution in [0.5, 0.6) is 0 Å². The van der Waals surface area contributed by atoms with Crippen molar-refractivity contribution in [1.29, 1.82) is 0 Å². The van der Waals surface area contributed by atoms with Gasteiger partial charge in [0.15, 0.2) is 0 Å². The maximum atomic E-state index is 3.94. The van der Waals surface area contributed by atoms with Gasteiger partial charge in [-0.05, 0) is 42.5 Å². The van der Waals surface area contributed by atoms with Crippen molar-refractivity contribution >= 4 is 31.9 Å². The first-order valence-electron chi connectivity index (χ1n) is 6.65. The van der Waals surface area contributed by atoms with Gasteiger partial charge < -0.3 is 0 Å². The third kappa shape index (κ3) is 2.80. The van der Waals surface area contributed by atoms with E-state index in [4.69, 9.17) is 0 Å². The second-order valence-corrected chi connectivity index (χ2v) is 7.34. The fourth-order valence-corrected chi connectivity index (χ4v) is 4.07. The molecule has 1 atom stereocenters. The molecule has 1 aliphatic carbocycles. The molecule has 1 unspecified atom stereocenters. The molecule has 2 heteroatoms. The molecule has 0 heterocycles. The lowest BCUT2D eigenvalue weighted by atomic mass is 9.89. The van der Waals surface area contributed by atoms with Crippen LogP contribution in [0.3, 0.4) is 0 Å². The second-order valence-electron chi connectivity index (χ2n) is 5.32. The summed E-state index contributed by atoms with van der Waals surface area (Å²) < 4.78 is 1.14. The van der Waals surface area contributed by atoms with E-state index in [1.54, 1.807) is 0 Å². The van der Waals surface area contributed by atoms with Gasteiger partial charge in [-0.15, -0.1) is 0 Å². The Hall–Kier alpha value is -0.600. The fourth-order valence-electron chi connectivity index (χ4n) is 2.71. The van der Waals surface area contributed by atoms with Crippen molar-refractivity contribution in [1.82, 2.24) is 0 Å². The van der Waals surface area contributed by atoms with E-state index in [9.17, 15) is 0 Å². The van der Waals surface area contributed by atoms with Crippen molar-refractivity contribution in [3.8, 4) is 0 Å². The highest BCUT2D eigenvalue weighted by atomic mass is 79.9. The fraction of sp³-hybridized carbons (Fsp3) is 0.294. The minimum absolute atomic E-state index is 0.355. The van der Waals surface area contributed by atoms with Gasteiger partial charge in [0.1, 0.15) is 0 Å². The van der Waals surface area contributed by atoms with Crippen molar-refractivity contribution in [2.24, 2.45) is 0 Å². The second kappa shape index (κ2) is 5.41. The monoisotopic (exact) mass is 378 g/mol. The maximum absolute atomic E-state index is 3.94. The molecule has 98 valence electrons. The van der Waals surface area contributed by atoms with Gasteiger partial charge in [0.2, 0.25) is 0 Å². The van der Waals surface area contributed by atoms with E-state index >= 15 is 0 Å². The topological polar surface area (TPSA) is 0 Å². The number of hydrogen-bond donors (Lipinski definition) is 0. The van der Waals surface area contributed by atoms with Crippen LogP contribution in [0.25, 0.3) is 0 Å². The zero-order chi connectivity index (χ0) is 13.3. The normalized spacial score (nSPS) is 18.0.